The molecule has 1 heterocycles. The zero-order valence-electron chi connectivity index (χ0n) is 14.5. The van der Waals surface area contributed by atoms with Gasteiger partial charge in [0.15, 0.2) is 0 Å². The Morgan fingerprint density at radius 1 is 0.630 bits per heavy atom. The number of halogens is 1. The SMILES string of the molecule is Brc1ccc2c(c1)oc1cc(-c3ccc4c(c3)-c3ccccc3C4)ccc12. The van der Waals surface area contributed by atoms with E-state index in [-0.39, 0.29) is 0 Å². The summed E-state index contributed by atoms with van der Waals surface area (Å²) >= 11 is 3.52. The molecular weight excluding hydrogens is 396 g/mol. The van der Waals surface area contributed by atoms with Gasteiger partial charge in [0.05, 0.1) is 0 Å². The van der Waals surface area contributed by atoms with Gasteiger partial charge in [-0.15, -0.1) is 0 Å². The van der Waals surface area contributed by atoms with Crippen molar-refractivity contribution in [1.29, 1.82) is 0 Å². The molecule has 0 amide bonds. The Morgan fingerprint density at radius 2 is 1.33 bits per heavy atom. The molecule has 0 fully saturated rings. The molecule has 1 aliphatic rings. The van der Waals surface area contributed by atoms with Gasteiger partial charge in [0.25, 0.3) is 0 Å². The lowest BCUT2D eigenvalue weighted by molar-refractivity contribution is 0.669. The largest absolute Gasteiger partial charge is 0.456 e. The molecule has 0 saturated heterocycles. The monoisotopic (exact) mass is 410 g/mol. The molecule has 1 aromatic heterocycles. The second kappa shape index (κ2) is 5.58. The summed E-state index contributed by atoms with van der Waals surface area (Å²) in [4.78, 5) is 0. The van der Waals surface area contributed by atoms with E-state index in [1.54, 1.807) is 0 Å². The van der Waals surface area contributed by atoms with E-state index in [0.717, 1.165) is 32.8 Å². The molecule has 6 rings (SSSR count). The van der Waals surface area contributed by atoms with Crippen LogP contribution in [0, 0.1) is 0 Å². The molecule has 0 unspecified atom stereocenters. The standard InChI is InChI=1S/C25H15BrO/c26-19-8-10-22-21-9-7-16(13-24(21)27-25(22)14-19)15-5-6-18-11-17-3-1-2-4-20(17)23(18)12-15/h1-10,12-14H,11H2. The van der Waals surface area contributed by atoms with E-state index in [4.69, 9.17) is 4.42 Å². The van der Waals surface area contributed by atoms with E-state index in [1.807, 2.05) is 6.07 Å². The first-order valence-corrected chi connectivity index (χ1v) is 9.89. The highest BCUT2D eigenvalue weighted by molar-refractivity contribution is 9.10. The molecular formula is C25H15BrO. The van der Waals surface area contributed by atoms with E-state index in [9.17, 15) is 0 Å². The number of furan rings is 1. The first kappa shape index (κ1) is 15.2. The molecule has 5 aromatic rings. The lowest BCUT2D eigenvalue weighted by Crippen LogP contribution is -1.83. The van der Waals surface area contributed by atoms with Crippen molar-refractivity contribution in [1.82, 2.24) is 0 Å². The molecule has 0 bridgehead atoms. The Hall–Kier alpha value is -2.84. The zero-order chi connectivity index (χ0) is 18.0. The van der Waals surface area contributed by atoms with Crippen molar-refractivity contribution in [2.24, 2.45) is 0 Å². The van der Waals surface area contributed by atoms with E-state index < -0.39 is 0 Å². The van der Waals surface area contributed by atoms with Crippen LogP contribution < -0.4 is 0 Å². The van der Waals surface area contributed by atoms with Crippen molar-refractivity contribution in [3.8, 4) is 22.3 Å². The van der Waals surface area contributed by atoms with Crippen LogP contribution in [0.3, 0.4) is 0 Å². The Kier molecular flexibility index (Phi) is 3.15. The van der Waals surface area contributed by atoms with Crippen molar-refractivity contribution in [2.75, 3.05) is 0 Å². The van der Waals surface area contributed by atoms with Crippen LogP contribution >= 0.6 is 15.9 Å². The van der Waals surface area contributed by atoms with Gasteiger partial charge in [-0.2, -0.15) is 0 Å². The van der Waals surface area contributed by atoms with Crippen LogP contribution in [0.5, 0.6) is 0 Å². The van der Waals surface area contributed by atoms with Gasteiger partial charge in [-0.3, -0.25) is 0 Å². The summed E-state index contributed by atoms with van der Waals surface area (Å²) in [6, 6.07) is 28.2. The van der Waals surface area contributed by atoms with Crippen LogP contribution in [-0.4, -0.2) is 0 Å². The van der Waals surface area contributed by atoms with Crippen LogP contribution in [0.4, 0.5) is 0 Å². The predicted octanol–water partition coefficient (Wildman–Crippen LogP) is 7.59. The normalized spacial score (nSPS) is 12.5. The number of hydrogen-bond acceptors (Lipinski definition) is 1. The summed E-state index contributed by atoms with van der Waals surface area (Å²) < 4.78 is 7.15. The van der Waals surface area contributed by atoms with E-state index in [1.165, 1.54) is 33.4 Å². The summed E-state index contributed by atoms with van der Waals surface area (Å²) in [7, 11) is 0. The van der Waals surface area contributed by atoms with Crippen molar-refractivity contribution in [2.45, 2.75) is 6.42 Å². The van der Waals surface area contributed by atoms with Crippen LogP contribution in [0.15, 0.2) is 87.8 Å². The van der Waals surface area contributed by atoms with E-state index in [0.29, 0.717) is 0 Å². The Bertz CT molecular complexity index is 1360. The second-order valence-electron chi connectivity index (χ2n) is 7.16. The van der Waals surface area contributed by atoms with Crippen molar-refractivity contribution in [3.63, 3.8) is 0 Å². The first-order chi connectivity index (χ1) is 13.3. The van der Waals surface area contributed by atoms with Crippen molar-refractivity contribution in [3.05, 3.63) is 94.5 Å². The maximum atomic E-state index is 6.11. The molecule has 0 N–H and O–H groups in total. The lowest BCUT2D eigenvalue weighted by atomic mass is 9.98. The Labute approximate surface area is 165 Å². The number of fused-ring (bicyclic) bond motifs is 6. The van der Waals surface area contributed by atoms with Crippen molar-refractivity contribution >= 4 is 37.9 Å². The van der Waals surface area contributed by atoms with Crippen molar-refractivity contribution < 1.29 is 4.42 Å². The number of hydrogen-bond donors (Lipinski definition) is 0. The van der Waals surface area contributed by atoms with Gasteiger partial charge in [0, 0.05) is 15.2 Å². The summed E-state index contributed by atoms with van der Waals surface area (Å²) in [6.45, 7) is 0. The fourth-order valence-electron chi connectivity index (χ4n) is 4.23. The minimum Gasteiger partial charge on any atom is -0.456 e. The second-order valence-corrected chi connectivity index (χ2v) is 8.08. The predicted molar refractivity (Wildman–Crippen MR) is 115 cm³/mol. The third-order valence-corrected chi connectivity index (χ3v) is 6.06. The molecule has 4 aromatic carbocycles. The Balaban J connectivity index is 1.52. The molecule has 0 saturated carbocycles. The lowest BCUT2D eigenvalue weighted by Gasteiger charge is -2.06. The highest BCUT2D eigenvalue weighted by Crippen LogP contribution is 2.40. The molecule has 0 spiro atoms. The summed E-state index contributed by atoms with van der Waals surface area (Å²) in [5.41, 5.74) is 9.82. The minimum absolute atomic E-state index is 0.916. The highest BCUT2D eigenvalue weighted by Gasteiger charge is 2.18. The van der Waals surface area contributed by atoms with Gasteiger partial charge in [-0.1, -0.05) is 58.4 Å². The quantitative estimate of drug-likeness (QED) is 0.272. The van der Waals surface area contributed by atoms with Gasteiger partial charge in [-0.05, 0) is 76.2 Å². The average Bonchev–Trinajstić information content (AvgIpc) is 3.24. The molecule has 1 aliphatic carbocycles. The maximum absolute atomic E-state index is 6.11. The zero-order valence-corrected chi connectivity index (χ0v) is 16.1. The smallest absolute Gasteiger partial charge is 0.136 e. The highest BCUT2D eigenvalue weighted by atomic mass is 79.9. The maximum Gasteiger partial charge on any atom is 0.136 e. The molecule has 27 heavy (non-hydrogen) atoms. The molecule has 2 heteroatoms. The van der Waals surface area contributed by atoms with Crippen LogP contribution in [-0.2, 0) is 6.42 Å². The average molecular weight is 411 g/mol. The fraction of sp³-hybridized carbons (Fsp3) is 0.0400. The van der Waals surface area contributed by atoms with Crippen LogP contribution in [0.1, 0.15) is 11.1 Å². The van der Waals surface area contributed by atoms with Gasteiger partial charge >= 0.3 is 0 Å². The Morgan fingerprint density at radius 3 is 2.26 bits per heavy atom. The third-order valence-electron chi connectivity index (χ3n) is 5.57. The van der Waals surface area contributed by atoms with E-state index in [2.05, 4.69) is 88.7 Å². The molecule has 1 nitrogen and oxygen atoms in total. The topological polar surface area (TPSA) is 13.1 Å². The van der Waals surface area contributed by atoms with Gasteiger partial charge in [-0.25, -0.2) is 0 Å². The summed E-state index contributed by atoms with van der Waals surface area (Å²) in [5, 5.41) is 2.32. The van der Waals surface area contributed by atoms with Crippen LogP contribution in [0.25, 0.3) is 44.2 Å². The minimum atomic E-state index is 0.916. The molecule has 0 radical (unpaired) electrons. The van der Waals surface area contributed by atoms with Crippen LogP contribution in [0.2, 0.25) is 0 Å². The molecule has 0 atom stereocenters. The summed E-state index contributed by atoms with van der Waals surface area (Å²) in [5.74, 6) is 0. The summed E-state index contributed by atoms with van der Waals surface area (Å²) in [6.07, 6.45) is 1.03. The van der Waals surface area contributed by atoms with Gasteiger partial charge < -0.3 is 4.42 Å². The molecule has 128 valence electrons. The number of benzene rings is 4. The number of rotatable bonds is 1. The van der Waals surface area contributed by atoms with Gasteiger partial charge in [0.2, 0.25) is 0 Å². The molecule has 0 aliphatic heterocycles. The van der Waals surface area contributed by atoms with Gasteiger partial charge in [0.1, 0.15) is 11.2 Å². The van der Waals surface area contributed by atoms with E-state index >= 15 is 0 Å². The fourth-order valence-corrected chi connectivity index (χ4v) is 4.57. The third kappa shape index (κ3) is 2.30. The first-order valence-electron chi connectivity index (χ1n) is 9.10.